The van der Waals surface area contributed by atoms with Crippen LogP contribution in [0.1, 0.15) is 12.5 Å². The number of hydrogen-bond acceptors (Lipinski definition) is 2. The van der Waals surface area contributed by atoms with E-state index in [4.69, 9.17) is 11.6 Å². The molecule has 1 aliphatic heterocycles. The fraction of sp³-hybridized carbons (Fsp3) is 0.150. The number of hydrogen-bond donors (Lipinski definition) is 0. The molecule has 1 aromatic heterocycles. The molecule has 0 saturated heterocycles. The molecular formula is C20H18ClIN2S. The lowest BCUT2D eigenvalue weighted by Gasteiger charge is -2.18. The van der Waals surface area contributed by atoms with Crippen LogP contribution < -0.4 is 33.4 Å². The second-order valence-electron chi connectivity index (χ2n) is 5.84. The van der Waals surface area contributed by atoms with Crippen molar-refractivity contribution in [2.24, 2.45) is 7.05 Å². The monoisotopic (exact) mass is 480 g/mol. The SMILES string of the molecule is CCN1/C(=C/c2cc[n+](C)c3ccccc23)Sc2ccc(Cl)cc21.[I-]. The van der Waals surface area contributed by atoms with Gasteiger partial charge in [0.25, 0.3) is 0 Å². The van der Waals surface area contributed by atoms with E-state index >= 15 is 0 Å². The summed E-state index contributed by atoms with van der Waals surface area (Å²) in [6, 6.07) is 16.8. The molecule has 128 valence electrons. The van der Waals surface area contributed by atoms with Gasteiger partial charge in [0.2, 0.25) is 5.52 Å². The van der Waals surface area contributed by atoms with Crippen LogP contribution in [-0.2, 0) is 7.05 Å². The van der Waals surface area contributed by atoms with Crippen molar-refractivity contribution in [1.29, 1.82) is 0 Å². The van der Waals surface area contributed by atoms with E-state index in [0.717, 1.165) is 11.6 Å². The molecule has 0 radical (unpaired) electrons. The molecule has 2 heterocycles. The summed E-state index contributed by atoms with van der Waals surface area (Å²) in [5.41, 5.74) is 3.68. The van der Waals surface area contributed by atoms with Crippen LogP contribution in [0, 0.1) is 0 Å². The number of pyridine rings is 1. The molecule has 25 heavy (non-hydrogen) atoms. The van der Waals surface area contributed by atoms with Gasteiger partial charge in [-0.2, -0.15) is 0 Å². The molecule has 0 atom stereocenters. The molecule has 5 heteroatoms. The van der Waals surface area contributed by atoms with Crippen molar-refractivity contribution in [3.05, 3.63) is 70.3 Å². The highest BCUT2D eigenvalue weighted by molar-refractivity contribution is 8.03. The minimum absolute atomic E-state index is 0. The summed E-state index contributed by atoms with van der Waals surface area (Å²) in [7, 11) is 2.08. The number of aryl methyl sites for hydroxylation is 1. The third-order valence-electron chi connectivity index (χ3n) is 4.36. The van der Waals surface area contributed by atoms with Gasteiger partial charge in [-0.25, -0.2) is 4.57 Å². The van der Waals surface area contributed by atoms with Gasteiger partial charge in [0.15, 0.2) is 6.20 Å². The average Bonchev–Trinajstić information content (AvgIpc) is 2.94. The van der Waals surface area contributed by atoms with Gasteiger partial charge in [0.05, 0.1) is 16.1 Å². The Hall–Kier alpha value is -1.24. The zero-order valence-corrected chi connectivity index (χ0v) is 17.8. The van der Waals surface area contributed by atoms with E-state index in [1.54, 1.807) is 11.8 Å². The zero-order valence-electron chi connectivity index (χ0n) is 14.0. The van der Waals surface area contributed by atoms with E-state index in [2.05, 4.69) is 78.2 Å². The Morgan fingerprint density at radius 1 is 1.16 bits per heavy atom. The maximum absolute atomic E-state index is 6.19. The maximum atomic E-state index is 6.19. The maximum Gasteiger partial charge on any atom is 0.212 e. The van der Waals surface area contributed by atoms with Crippen LogP contribution in [0.15, 0.2) is 64.7 Å². The lowest BCUT2D eigenvalue weighted by Crippen LogP contribution is -3.00. The Morgan fingerprint density at radius 3 is 2.76 bits per heavy atom. The van der Waals surface area contributed by atoms with Crippen molar-refractivity contribution in [2.45, 2.75) is 11.8 Å². The van der Waals surface area contributed by atoms with E-state index < -0.39 is 0 Å². The largest absolute Gasteiger partial charge is 1.00 e. The molecule has 0 spiro atoms. The molecule has 2 aromatic carbocycles. The Labute approximate surface area is 174 Å². The van der Waals surface area contributed by atoms with E-state index in [0.29, 0.717) is 0 Å². The van der Waals surface area contributed by atoms with Crippen LogP contribution in [-0.4, -0.2) is 6.54 Å². The number of fused-ring (bicyclic) bond motifs is 2. The van der Waals surface area contributed by atoms with E-state index in [1.165, 1.54) is 32.1 Å². The fourth-order valence-corrected chi connectivity index (χ4v) is 4.48. The number of rotatable bonds is 2. The first-order valence-corrected chi connectivity index (χ1v) is 9.21. The van der Waals surface area contributed by atoms with Crippen molar-refractivity contribution >= 4 is 46.0 Å². The van der Waals surface area contributed by atoms with Gasteiger partial charge in [-0.1, -0.05) is 35.5 Å². The topological polar surface area (TPSA) is 7.12 Å². The second-order valence-corrected chi connectivity index (χ2v) is 7.34. The minimum Gasteiger partial charge on any atom is -1.00 e. The van der Waals surface area contributed by atoms with Crippen molar-refractivity contribution in [3.8, 4) is 0 Å². The molecule has 4 rings (SSSR count). The Bertz CT molecular complexity index is 971. The Morgan fingerprint density at radius 2 is 1.96 bits per heavy atom. The number of benzene rings is 2. The van der Waals surface area contributed by atoms with Gasteiger partial charge in [-0.05, 0) is 42.8 Å². The van der Waals surface area contributed by atoms with E-state index in [9.17, 15) is 0 Å². The summed E-state index contributed by atoms with van der Waals surface area (Å²) in [5, 5.41) is 3.29. The fourth-order valence-electron chi connectivity index (χ4n) is 3.15. The number of nitrogens with zero attached hydrogens (tertiary/aromatic N) is 2. The standard InChI is InChI=1S/C20H18ClN2S.HI/c1-3-23-18-13-15(21)8-9-19(18)24-20(23)12-14-10-11-22(2)17-7-5-4-6-16(14)17;/h4-13H,3H2,1-2H3;1H/q+1;/p-1. The average molecular weight is 481 g/mol. The second kappa shape index (κ2) is 7.56. The highest BCUT2D eigenvalue weighted by Crippen LogP contribution is 2.47. The van der Waals surface area contributed by atoms with E-state index in [1.807, 2.05) is 6.07 Å². The summed E-state index contributed by atoms with van der Waals surface area (Å²) in [6.45, 7) is 3.10. The molecule has 0 N–H and O–H groups in total. The highest BCUT2D eigenvalue weighted by Gasteiger charge is 2.24. The van der Waals surface area contributed by atoms with Crippen LogP contribution in [0.3, 0.4) is 0 Å². The van der Waals surface area contributed by atoms with Crippen LogP contribution in [0.2, 0.25) is 5.02 Å². The molecule has 1 aliphatic rings. The quantitative estimate of drug-likeness (QED) is 0.410. The normalized spacial score (nSPS) is 14.7. The van der Waals surface area contributed by atoms with Gasteiger partial charge in [0.1, 0.15) is 7.05 Å². The van der Waals surface area contributed by atoms with Crippen LogP contribution >= 0.6 is 23.4 Å². The highest BCUT2D eigenvalue weighted by atomic mass is 127. The summed E-state index contributed by atoms with van der Waals surface area (Å²) >= 11 is 8.00. The first-order valence-electron chi connectivity index (χ1n) is 8.01. The van der Waals surface area contributed by atoms with Gasteiger partial charge in [-0.3, -0.25) is 0 Å². The third-order valence-corrected chi connectivity index (χ3v) is 5.71. The zero-order chi connectivity index (χ0) is 16.7. The Balaban J connectivity index is 0.00000182. The molecule has 3 aromatic rings. The predicted octanol–water partition coefficient (Wildman–Crippen LogP) is 2.25. The first-order chi connectivity index (χ1) is 11.7. The van der Waals surface area contributed by atoms with Gasteiger partial charge < -0.3 is 28.9 Å². The van der Waals surface area contributed by atoms with Crippen LogP contribution in [0.25, 0.3) is 17.0 Å². The van der Waals surface area contributed by atoms with Gasteiger partial charge >= 0.3 is 0 Å². The van der Waals surface area contributed by atoms with Crippen molar-refractivity contribution in [2.75, 3.05) is 11.4 Å². The third kappa shape index (κ3) is 3.39. The summed E-state index contributed by atoms with van der Waals surface area (Å²) in [6.07, 6.45) is 4.40. The molecule has 0 saturated carbocycles. The molecular weight excluding hydrogens is 463 g/mol. The van der Waals surface area contributed by atoms with Crippen LogP contribution in [0.4, 0.5) is 5.69 Å². The number of halogens is 2. The molecule has 0 fully saturated rings. The predicted molar refractivity (Wildman–Crippen MR) is 103 cm³/mol. The molecule has 0 amide bonds. The van der Waals surface area contributed by atoms with Crippen LogP contribution in [0.5, 0.6) is 0 Å². The first kappa shape index (κ1) is 18.5. The lowest BCUT2D eigenvalue weighted by atomic mass is 10.1. The van der Waals surface area contributed by atoms with Crippen molar-refractivity contribution < 1.29 is 28.5 Å². The number of anilines is 1. The minimum atomic E-state index is 0. The number of para-hydroxylation sites is 1. The smallest absolute Gasteiger partial charge is 0.212 e. The lowest BCUT2D eigenvalue weighted by molar-refractivity contribution is -0.644. The number of thioether (sulfide) groups is 1. The molecule has 0 bridgehead atoms. The molecule has 0 unspecified atom stereocenters. The summed E-state index contributed by atoms with van der Waals surface area (Å²) in [4.78, 5) is 3.59. The van der Waals surface area contributed by atoms with Crippen molar-refractivity contribution in [3.63, 3.8) is 0 Å². The summed E-state index contributed by atoms with van der Waals surface area (Å²) in [5.74, 6) is 0. The van der Waals surface area contributed by atoms with E-state index in [-0.39, 0.29) is 24.0 Å². The molecule has 2 nitrogen and oxygen atoms in total. The van der Waals surface area contributed by atoms with Gasteiger partial charge in [0, 0.05) is 28.6 Å². The number of aromatic nitrogens is 1. The van der Waals surface area contributed by atoms with Gasteiger partial charge in [-0.15, -0.1) is 0 Å². The van der Waals surface area contributed by atoms with Crippen molar-refractivity contribution in [1.82, 2.24) is 0 Å². The molecule has 0 aliphatic carbocycles. The Kier molecular flexibility index (Phi) is 5.61. The summed E-state index contributed by atoms with van der Waals surface area (Å²) < 4.78 is 2.16.